The van der Waals surface area contributed by atoms with Gasteiger partial charge >= 0.3 is 0 Å². The van der Waals surface area contributed by atoms with E-state index in [4.69, 9.17) is 0 Å². The molecule has 0 aromatic heterocycles. The van der Waals surface area contributed by atoms with Gasteiger partial charge in [-0.05, 0) is 37.9 Å². The Hall–Kier alpha value is -1.22. The topological polar surface area (TPSA) is 20.3 Å². The molecule has 1 aliphatic carbocycles. The molecule has 17 heavy (non-hydrogen) atoms. The van der Waals surface area contributed by atoms with Gasteiger partial charge in [-0.2, -0.15) is 0 Å². The molecular weight excluding hydrogens is 217 g/mol. The number of likely N-dealkylation sites (N-methyl/N-ethyl adjacent to an activating group) is 1. The van der Waals surface area contributed by atoms with Crippen LogP contribution in [0.4, 0.5) is 4.39 Å². The third-order valence-electron chi connectivity index (χ3n) is 3.35. The number of nitrogens with zero attached hydrogens (tertiary/aromatic N) is 1. The molecule has 0 radical (unpaired) electrons. The highest BCUT2D eigenvalue weighted by Gasteiger charge is 2.20. The Morgan fingerprint density at radius 1 is 1.47 bits per heavy atom. The molecule has 0 atom stereocenters. The number of carbonyl (C=O) groups is 1. The fourth-order valence-corrected chi connectivity index (χ4v) is 2.18. The molecule has 2 nitrogen and oxygen atoms in total. The Bertz CT molecular complexity index is 401. The lowest BCUT2D eigenvalue weighted by Crippen LogP contribution is -2.33. The molecule has 3 heteroatoms. The highest BCUT2D eigenvalue weighted by molar-refractivity contribution is 5.97. The molecule has 0 amide bonds. The van der Waals surface area contributed by atoms with Crippen molar-refractivity contribution in [3.63, 3.8) is 0 Å². The van der Waals surface area contributed by atoms with Crippen LogP contribution in [-0.2, 0) is 0 Å². The van der Waals surface area contributed by atoms with Crippen LogP contribution in [0.15, 0.2) is 24.3 Å². The first-order valence-electron chi connectivity index (χ1n) is 6.12. The molecule has 0 spiro atoms. The number of rotatable bonds is 5. The van der Waals surface area contributed by atoms with Crippen molar-refractivity contribution in [3.8, 4) is 0 Å². The molecular formula is C14H18FNO. The monoisotopic (exact) mass is 235 g/mol. The van der Waals surface area contributed by atoms with E-state index in [2.05, 4.69) is 0 Å². The van der Waals surface area contributed by atoms with E-state index in [-0.39, 0.29) is 11.6 Å². The van der Waals surface area contributed by atoms with Crippen molar-refractivity contribution < 1.29 is 9.18 Å². The van der Waals surface area contributed by atoms with E-state index in [1.54, 1.807) is 12.1 Å². The lowest BCUT2D eigenvalue weighted by Gasteiger charge is -2.29. The molecule has 92 valence electrons. The minimum Gasteiger partial charge on any atom is -0.299 e. The number of Topliss-reactive ketones (excluding diaryl/α,β-unsaturated/α-hetero) is 1. The van der Waals surface area contributed by atoms with Crippen molar-refractivity contribution >= 4 is 5.78 Å². The smallest absolute Gasteiger partial charge is 0.176 e. The number of hydrogen-bond donors (Lipinski definition) is 0. The maximum absolute atomic E-state index is 13.0. The predicted molar refractivity (Wildman–Crippen MR) is 65.6 cm³/mol. The van der Waals surface area contributed by atoms with Gasteiger partial charge in [-0.1, -0.05) is 18.6 Å². The van der Waals surface area contributed by atoms with Gasteiger partial charge in [0.1, 0.15) is 5.82 Å². The summed E-state index contributed by atoms with van der Waals surface area (Å²) in [6.07, 6.45) is 3.87. The predicted octanol–water partition coefficient (Wildman–Crippen LogP) is 2.74. The van der Waals surface area contributed by atoms with Crippen LogP contribution < -0.4 is 0 Å². The molecule has 1 aliphatic rings. The fourth-order valence-electron chi connectivity index (χ4n) is 2.18. The van der Waals surface area contributed by atoms with E-state index >= 15 is 0 Å². The van der Waals surface area contributed by atoms with Crippen molar-refractivity contribution in [2.24, 2.45) is 5.92 Å². The fraction of sp³-hybridized carbons (Fsp3) is 0.500. The molecule has 1 fully saturated rings. The van der Waals surface area contributed by atoms with Gasteiger partial charge in [0.2, 0.25) is 0 Å². The second-order valence-electron chi connectivity index (χ2n) is 4.93. The summed E-state index contributed by atoms with van der Waals surface area (Å²) in [4.78, 5) is 13.9. The van der Waals surface area contributed by atoms with E-state index < -0.39 is 0 Å². The first-order valence-corrected chi connectivity index (χ1v) is 6.12. The molecule has 0 saturated heterocycles. The number of benzene rings is 1. The molecule has 1 aromatic rings. The molecule has 0 unspecified atom stereocenters. The SMILES string of the molecule is CN(CC(=O)c1cccc(F)c1)CC1CCC1. The molecule has 0 aliphatic heterocycles. The van der Waals surface area contributed by atoms with Crippen LogP contribution >= 0.6 is 0 Å². The Labute approximate surface area is 101 Å². The zero-order valence-electron chi connectivity index (χ0n) is 10.2. The number of ketones is 1. The molecule has 0 N–H and O–H groups in total. The Morgan fingerprint density at radius 3 is 2.82 bits per heavy atom. The van der Waals surface area contributed by atoms with E-state index in [0.29, 0.717) is 12.1 Å². The zero-order chi connectivity index (χ0) is 12.3. The van der Waals surface area contributed by atoms with Crippen LogP contribution in [0.5, 0.6) is 0 Å². The highest BCUT2D eigenvalue weighted by Crippen LogP contribution is 2.26. The number of hydrogen-bond acceptors (Lipinski definition) is 2. The van der Waals surface area contributed by atoms with Gasteiger partial charge in [0, 0.05) is 12.1 Å². The molecule has 1 aromatic carbocycles. The van der Waals surface area contributed by atoms with Crippen LogP contribution in [0.25, 0.3) is 0 Å². The summed E-state index contributed by atoms with van der Waals surface area (Å²) in [7, 11) is 1.95. The van der Waals surface area contributed by atoms with Crippen molar-refractivity contribution in [1.82, 2.24) is 4.90 Å². The Kier molecular flexibility index (Phi) is 3.89. The summed E-state index contributed by atoms with van der Waals surface area (Å²) in [6, 6.07) is 5.91. The second kappa shape index (κ2) is 5.41. The first-order chi connectivity index (χ1) is 8.15. The molecule has 2 rings (SSSR count). The van der Waals surface area contributed by atoms with E-state index in [9.17, 15) is 9.18 Å². The van der Waals surface area contributed by atoms with Gasteiger partial charge in [0.25, 0.3) is 0 Å². The summed E-state index contributed by atoms with van der Waals surface area (Å²) in [5.41, 5.74) is 0.463. The molecule has 0 bridgehead atoms. The van der Waals surface area contributed by atoms with Crippen LogP contribution in [0.3, 0.4) is 0 Å². The van der Waals surface area contributed by atoms with E-state index in [1.807, 2.05) is 11.9 Å². The molecule has 1 saturated carbocycles. The Morgan fingerprint density at radius 2 is 2.24 bits per heavy atom. The van der Waals surface area contributed by atoms with Crippen LogP contribution in [0.1, 0.15) is 29.6 Å². The molecule has 0 heterocycles. The van der Waals surface area contributed by atoms with Crippen LogP contribution in [0.2, 0.25) is 0 Å². The number of halogens is 1. The van der Waals surface area contributed by atoms with Gasteiger partial charge in [0.15, 0.2) is 5.78 Å². The lowest BCUT2D eigenvalue weighted by molar-refractivity contribution is 0.0924. The highest BCUT2D eigenvalue weighted by atomic mass is 19.1. The summed E-state index contributed by atoms with van der Waals surface area (Å²) >= 11 is 0. The third-order valence-corrected chi connectivity index (χ3v) is 3.35. The van der Waals surface area contributed by atoms with Crippen molar-refractivity contribution in [1.29, 1.82) is 0 Å². The van der Waals surface area contributed by atoms with Gasteiger partial charge in [-0.25, -0.2) is 4.39 Å². The largest absolute Gasteiger partial charge is 0.299 e. The lowest BCUT2D eigenvalue weighted by atomic mass is 9.85. The first kappa shape index (κ1) is 12.2. The Balaban J connectivity index is 1.87. The average Bonchev–Trinajstić information content (AvgIpc) is 2.23. The van der Waals surface area contributed by atoms with Gasteiger partial charge in [-0.3, -0.25) is 9.69 Å². The van der Waals surface area contributed by atoms with Crippen LogP contribution in [0, 0.1) is 11.7 Å². The van der Waals surface area contributed by atoms with E-state index in [0.717, 1.165) is 12.5 Å². The van der Waals surface area contributed by atoms with Crippen molar-refractivity contribution in [2.75, 3.05) is 20.1 Å². The van der Waals surface area contributed by atoms with Gasteiger partial charge < -0.3 is 0 Å². The maximum Gasteiger partial charge on any atom is 0.176 e. The quantitative estimate of drug-likeness (QED) is 0.731. The van der Waals surface area contributed by atoms with Gasteiger partial charge in [0.05, 0.1) is 6.54 Å². The van der Waals surface area contributed by atoms with Gasteiger partial charge in [-0.15, -0.1) is 0 Å². The summed E-state index contributed by atoms with van der Waals surface area (Å²) in [6.45, 7) is 1.35. The summed E-state index contributed by atoms with van der Waals surface area (Å²) < 4.78 is 13.0. The van der Waals surface area contributed by atoms with Crippen molar-refractivity contribution in [2.45, 2.75) is 19.3 Å². The summed E-state index contributed by atoms with van der Waals surface area (Å²) in [5, 5.41) is 0. The maximum atomic E-state index is 13.0. The summed E-state index contributed by atoms with van der Waals surface area (Å²) in [5.74, 6) is 0.393. The minimum absolute atomic E-state index is 0.00803. The zero-order valence-corrected chi connectivity index (χ0v) is 10.2. The number of carbonyl (C=O) groups excluding carboxylic acids is 1. The van der Waals surface area contributed by atoms with Crippen LogP contribution in [-0.4, -0.2) is 30.8 Å². The third kappa shape index (κ3) is 3.37. The van der Waals surface area contributed by atoms with E-state index in [1.165, 1.54) is 31.4 Å². The standard InChI is InChI=1S/C14H18FNO/c1-16(9-11-4-2-5-11)10-14(17)12-6-3-7-13(15)8-12/h3,6-8,11H,2,4-5,9-10H2,1H3. The minimum atomic E-state index is -0.350. The average molecular weight is 235 g/mol. The second-order valence-corrected chi connectivity index (χ2v) is 4.93. The normalized spacial score (nSPS) is 15.9. The van der Waals surface area contributed by atoms with Crippen molar-refractivity contribution in [3.05, 3.63) is 35.6 Å².